The van der Waals surface area contributed by atoms with Crippen LogP contribution in [-0.4, -0.2) is 19.6 Å². The van der Waals surface area contributed by atoms with Gasteiger partial charge in [-0.1, -0.05) is 20.3 Å². The smallest absolute Gasteiger partial charge is 0.0799 e. The number of quaternary nitrogens is 1. The molecule has 0 bridgehead atoms. The Labute approximate surface area is 64.4 Å². The van der Waals surface area contributed by atoms with Gasteiger partial charge in [-0.15, -0.1) is 0 Å². The lowest BCUT2D eigenvalue weighted by molar-refractivity contribution is -0.889. The van der Waals surface area contributed by atoms with E-state index in [1.165, 1.54) is 38.9 Å². The molecule has 2 unspecified atom stereocenters. The Hall–Kier alpha value is -0.0400. The predicted octanol–water partition coefficient (Wildman–Crippen LogP) is 0.711. The Morgan fingerprint density at radius 2 is 2.30 bits per heavy atom. The zero-order valence-electron chi connectivity index (χ0n) is 7.32. The number of rotatable bonds is 3. The molecule has 0 radical (unpaired) electrons. The lowest BCUT2D eigenvalue weighted by atomic mass is 10.2. The monoisotopic (exact) mass is 142 g/mol. The Kier molecular flexibility index (Phi) is 3.20. The van der Waals surface area contributed by atoms with Gasteiger partial charge >= 0.3 is 0 Å². The zero-order valence-corrected chi connectivity index (χ0v) is 7.32. The van der Waals surface area contributed by atoms with Crippen LogP contribution in [0.15, 0.2) is 0 Å². The molecule has 1 heteroatoms. The molecule has 0 aromatic rings. The van der Waals surface area contributed by atoms with Gasteiger partial charge in [-0.2, -0.15) is 0 Å². The average molecular weight is 142 g/mol. The first-order valence-electron chi connectivity index (χ1n) is 4.66. The van der Waals surface area contributed by atoms with Crippen molar-refractivity contribution in [1.29, 1.82) is 0 Å². The maximum Gasteiger partial charge on any atom is 0.0799 e. The van der Waals surface area contributed by atoms with Crippen molar-refractivity contribution in [3.05, 3.63) is 0 Å². The van der Waals surface area contributed by atoms with E-state index in [-0.39, 0.29) is 0 Å². The number of likely N-dealkylation sites (tertiary alicyclic amines) is 1. The molecule has 0 spiro atoms. The Bertz CT molecular complexity index is 90.7. The standard InChI is InChI=1S/C9H19N/c1-3-4-6-10-7-5-9(2)8-10/h9H,3-8H2,1-2H3/p+1. The van der Waals surface area contributed by atoms with Gasteiger partial charge in [-0.3, -0.25) is 0 Å². The highest BCUT2D eigenvalue weighted by Crippen LogP contribution is 2.00. The van der Waals surface area contributed by atoms with Crippen molar-refractivity contribution in [3.8, 4) is 0 Å². The summed E-state index contributed by atoms with van der Waals surface area (Å²) < 4.78 is 0. The minimum Gasteiger partial charge on any atom is -0.335 e. The van der Waals surface area contributed by atoms with E-state index in [4.69, 9.17) is 0 Å². The van der Waals surface area contributed by atoms with E-state index in [0.717, 1.165) is 5.92 Å². The van der Waals surface area contributed by atoms with E-state index >= 15 is 0 Å². The molecule has 10 heavy (non-hydrogen) atoms. The van der Waals surface area contributed by atoms with Crippen LogP contribution in [-0.2, 0) is 0 Å². The first kappa shape index (κ1) is 8.06. The normalized spacial score (nSPS) is 33.0. The first-order valence-corrected chi connectivity index (χ1v) is 4.66. The summed E-state index contributed by atoms with van der Waals surface area (Å²) in [5.41, 5.74) is 0. The number of unbranched alkanes of at least 4 members (excludes halogenated alkanes) is 1. The van der Waals surface area contributed by atoms with Crippen LogP contribution in [0.3, 0.4) is 0 Å². The maximum absolute atomic E-state index is 2.37. The van der Waals surface area contributed by atoms with Gasteiger partial charge in [0.25, 0.3) is 0 Å². The number of hydrogen-bond donors (Lipinski definition) is 1. The fourth-order valence-corrected chi connectivity index (χ4v) is 1.80. The van der Waals surface area contributed by atoms with Crippen molar-refractivity contribution < 1.29 is 4.90 Å². The summed E-state index contributed by atoms with van der Waals surface area (Å²) in [5, 5.41) is 0. The largest absolute Gasteiger partial charge is 0.335 e. The topological polar surface area (TPSA) is 4.44 Å². The maximum atomic E-state index is 2.37. The van der Waals surface area contributed by atoms with E-state index in [0.29, 0.717) is 0 Å². The molecule has 0 amide bonds. The van der Waals surface area contributed by atoms with E-state index in [1.54, 1.807) is 0 Å². The molecule has 1 aliphatic heterocycles. The molecule has 2 atom stereocenters. The summed E-state index contributed by atoms with van der Waals surface area (Å²) in [6, 6.07) is 0. The highest BCUT2D eigenvalue weighted by atomic mass is 15.1. The van der Waals surface area contributed by atoms with Gasteiger partial charge in [-0.05, 0) is 6.42 Å². The van der Waals surface area contributed by atoms with Crippen molar-refractivity contribution in [2.45, 2.75) is 33.1 Å². The fraction of sp³-hybridized carbons (Fsp3) is 1.00. The van der Waals surface area contributed by atoms with E-state index in [2.05, 4.69) is 13.8 Å². The molecule has 1 saturated heterocycles. The second-order valence-electron chi connectivity index (χ2n) is 3.70. The molecule has 1 fully saturated rings. The minimum atomic E-state index is 0.992. The summed E-state index contributed by atoms with van der Waals surface area (Å²) in [4.78, 5) is 1.84. The fourth-order valence-electron chi connectivity index (χ4n) is 1.80. The highest BCUT2D eigenvalue weighted by Gasteiger charge is 2.20. The van der Waals surface area contributed by atoms with Crippen LogP contribution in [0.5, 0.6) is 0 Å². The molecule has 0 aromatic heterocycles. The van der Waals surface area contributed by atoms with Gasteiger partial charge in [0, 0.05) is 12.3 Å². The zero-order chi connectivity index (χ0) is 7.40. The van der Waals surface area contributed by atoms with Gasteiger partial charge < -0.3 is 4.90 Å². The van der Waals surface area contributed by atoms with Gasteiger partial charge in [0.2, 0.25) is 0 Å². The van der Waals surface area contributed by atoms with Crippen LogP contribution in [0.4, 0.5) is 0 Å². The second kappa shape index (κ2) is 3.97. The minimum absolute atomic E-state index is 0.992. The number of hydrogen-bond acceptors (Lipinski definition) is 0. The molecule has 1 nitrogen and oxygen atoms in total. The average Bonchev–Trinajstić information content (AvgIpc) is 2.31. The van der Waals surface area contributed by atoms with Crippen molar-refractivity contribution in [2.75, 3.05) is 19.6 Å². The first-order chi connectivity index (χ1) is 4.83. The summed E-state index contributed by atoms with van der Waals surface area (Å²) in [7, 11) is 0. The van der Waals surface area contributed by atoms with Crippen LogP contribution in [0, 0.1) is 5.92 Å². The van der Waals surface area contributed by atoms with Gasteiger partial charge in [0.15, 0.2) is 0 Å². The van der Waals surface area contributed by atoms with Gasteiger partial charge in [0.05, 0.1) is 19.6 Å². The summed E-state index contributed by atoms with van der Waals surface area (Å²) in [5.74, 6) is 0.992. The Balaban J connectivity index is 2.06. The SMILES string of the molecule is CCCC[NH+]1CCC(C)C1. The Morgan fingerprint density at radius 1 is 1.50 bits per heavy atom. The van der Waals surface area contributed by atoms with Crippen molar-refractivity contribution in [2.24, 2.45) is 5.92 Å². The third kappa shape index (κ3) is 2.30. The van der Waals surface area contributed by atoms with Crippen LogP contribution in [0.1, 0.15) is 33.1 Å². The van der Waals surface area contributed by atoms with Crippen molar-refractivity contribution in [3.63, 3.8) is 0 Å². The van der Waals surface area contributed by atoms with E-state index in [1.807, 2.05) is 4.90 Å². The van der Waals surface area contributed by atoms with Crippen LogP contribution >= 0.6 is 0 Å². The Morgan fingerprint density at radius 3 is 2.80 bits per heavy atom. The molecule has 1 aliphatic rings. The predicted molar refractivity (Wildman–Crippen MR) is 44.3 cm³/mol. The van der Waals surface area contributed by atoms with Crippen molar-refractivity contribution in [1.82, 2.24) is 0 Å². The molecular formula is C9H20N+. The molecule has 0 aromatic carbocycles. The van der Waals surface area contributed by atoms with Crippen LogP contribution < -0.4 is 4.90 Å². The highest BCUT2D eigenvalue weighted by molar-refractivity contribution is 4.55. The van der Waals surface area contributed by atoms with Gasteiger partial charge in [-0.25, -0.2) is 0 Å². The molecule has 60 valence electrons. The molecule has 1 N–H and O–H groups in total. The molecule has 0 aliphatic carbocycles. The molecule has 1 heterocycles. The van der Waals surface area contributed by atoms with Crippen LogP contribution in [0.25, 0.3) is 0 Å². The molecular weight excluding hydrogens is 122 g/mol. The molecule has 0 saturated carbocycles. The third-order valence-electron chi connectivity index (χ3n) is 2.51. The lowest BCUT2D eigenvalue weighted by Crippen LogP contribution is -3.10. The third-order valence-corrected chi connectivity index (χ3v) is 2.51. The van der Waals surface area contributed by atoms with Gasteiger partial charge in [0.1, 0.15) is 0 Å². The number of nitrogens with one attached hydrogen (secondary N) is 1. The quantitative estimate of drug-likeness (QED) is 0.592. The summed E-state index contributed by atoms with van der Waals surface area (Å²) in [6.07, 6.45) is 4.24. The summed E-state index contributed by atoms with van der Waals surface area (Å²) in [6.45, 7) is 8.93. The van der Waals surface area contributed by atoms with Crippen LogP contribution in [0.2, 0.25) is 0 Å². The summed E-state index contributed by atoms with van der Waals surface area (Å²) >= 11 is 0. The van der Waals surface area contributed by atoms with E-state index < -0.39 is 0 Å². The molecule has 1 rings (SSSR count). The van der Waals surface area contributed by atoms with Crippen molar-refractivity contribution >= 4 is 0 Å². The lowest BCUT2D eigenvalue weighted by Gasteiger charge is -2.10. The van der Waals surface area contributed by atoms with E-state index in [9.17, 15) is 0 Å². The second-order valence-corrected chi connectivity index (χ2v) is 3.70.